The van der Waals surface area contributed by atoms with Gasteiger partial charge in [0.25, 0.3) is 0 Å². The number of carbonyl (C=O) groups is 1. The normalized spacial score (nSPS) is 17.6. The molecule has 0 spiro atoms. The third kappa shape index (κ3) is 3.69. The van der Waals surface area contributed by atoms with Crippen molar-refractivity contribution in [3.05, 3.63) is 34.9 Å². The summed E-state index contributed by atoms with van der Waals surface area (Å²) in [5, 5.41) is 0. The van der Waals surface area contributed by atoms with Crippen LogP contribution < -0.4 is 0 Å². The van der Waals surface area contributed by atoms with Gasteiger partial charge < -0.3 is 0 Å². The van der Waals surface area contributed by atoms with Crippen molar-refractivity contribution in [3.8, 4) is 0 Å². The predicted molar refractivity (Wildman–Crippen MR) is 84.2 cm³/mol. The fourth-order valence-corrected chi connectivity index (χ4v) is 3.10. The van der Waals surface area contributed by atoms with Crippen LogP contribution in [0.3, 0.4) is 0 Å². The summed E-state index contributed by atoms with van der Waals surface area (Å²) in [7, 11) is 0. The van der Waals surface area contributed by atoms with Gasteiger partial charge >= 0.3 is 0 Å². The van der Waals surface area contributed by atoms with Crippen molar-refractivity contribution in [2.45, 2.75) is 40.5 Å². The number of likely N-dealkylation sites (tertiary alicyclic amines) is 1. The summed E-state index contributed by atoms with van der Waals surface area (Å²) in [6, 6.07) is 6.15. The van der Waals surface area contributed by atoms with Crippen molar-refractivity contribution in [3.63, 3.8) is 0 Å². The molecule has 1 saturated heterocycles. The van der Waals surface area contributed by atoms with E-state index in [2.05, 4.69) is 24.8 Å². The highest BCUT2D eigenvalue weighted by Crippen LogP contribution is 2.24. The number of nitrogens with zero attached hydrogens (tertiary/aromatic N) is 1. The highest BCUT2D eigenvalue weighted by Gasteiger charge is 2.23. The van der Waals surface area contributed by atoms with E-state index >= 15 is 0 Å². The van der Waals surface area contributed by atoms with Crippen molar-refractivity contribution in [2.24, 2.45) is 11.8 Å². The van der Waals surface area contributed by atoms with Crippen molar-refractivity contribution in [1.82, 2.24) is 4.90 Å². The van der Waals surface area contributed by atoms with Gasteiger partial charge in [-0.2, -0.15) is 0 Å². The zero-order valence-electron chi connectivity index (χ0n) is 13.3. The SMILES string of the molecule is Cc1ccc(C)c(C(=O)CN2CCC(C(C)C)CC2)c1. The topological polar surface area (TPSA) is 20.3 Å². The van der Waals surface area contributed by atoms with E-state index < -0.39 is 0 Å². The largest absolute Gasteiger partial charge is 0.296 e. The van der Waals surface area contributed by atoms with E-state index in [1.807, 2.05) is 26.0 Å². The molecule has 110 valence electrons. The minimum absolute atomic E-state index is 0.272. The zero-order valence-corrected chi connectivity index (χ0v) is 13.3. The Morgan fingerprint density at radius 1 is 1.25 bits per heavy atom. The summed E-state index contributed by atoms with van der Waals surface area (Å²) in [6.45, 7) is 11.4. The number of benzene rings is 1. The molecule has 0 atom stereocenters. The average molecular weight is 273 g/mol. The molecule has 2 heteroatoms. The fraction of sp³-hybridized carbons (Fsp3) is 0.611. The van der Waals surface area contributed by atoms with Crippen molar-refractivity contribution in [2.75, 3.05) is 19.6 Å². The van der Waals surface area contributed by atoms with Crippen LogP contribution in [-0.4, -0.2) is 30.3 Å². The molecule has 1 fully saturated rings. The molecule has 1 aromatic carbocycles. The Morgan fingerprint density at radius 3 is 2.50 bits per heavy atom. The monoisotopic (exact) mass is 273 g/mol. The molecule has 1 heterocycles. The first-order valence-electron chi connectivity index (χ1n) is 7.80. The second-order valence-corrected chi connectivity index (χ2v) is 6.60. The smallest absolute Gasteiger partial charge is 0.177 e. The summed E-state index contributed by atoms with van der Waals surface area (Å²) in [5.41, 5.74) is 3.16. The number of hydrogen-bond acceptors (Lipinski definition) is 2. The molecular formula is C18H27NO. The van der Waals surface area contributed by atoms with Crippen LogP contribution >= 0.6 is 0 Å². The Labute approximate surface area is 123 Å². The molecule has 0 amide bonds. The maximum atomic E-state index is 12.5. The highest BCUT2D eigenvalue weighted by atomic mass is 16.1. The van der Waals surface area contributed by atoms with Crippen LogP contribution in [0, 0.1) is 25.7 Å². The van der Waals surface area contributed by atoms with Crippen molar-refractivity contribution in [1.29, 1.82) is 0 Å². The maximum Gasteiger partial charge on any atom is 0.177 e. The standard InChI is InChI=1S/C18H27NO/c1-13(2)16-7-9-19(10-8-16)12-18(20)17-11-14(3)5-6-15(17)4/h5-6,11,13,16H,7-10,12H2,1-4H3. The molecule has 0 aromatic heterocycles. The van der Waals surface area contributed by atoms with E-state index in [-0.39, 0.29) is 5.78 Å². The molecule has 0 N–H and O–H groups in total. The number of hydrogen-bond donors (Lipinski definition) is 0. The maximum absolute atomic E-state index is 12.5. The predicted octanol–water partition coefficient (Wildman–Crippen LogP) is 3.85. The van der Waals surface area contributed by atoms with E-state index in [1.165, 1.54) is 12.8 Å². The first-order chi connectivity index (χ1) is 9.47. The molecule has 1 aliphatic heterocycles. The van der Waals surface area contributed by atoms with Gasteiger partial charge in [-0.3, -0.25) is 9.69 Å². The summed E-state index contributed by atoms with van der Waals surface area (Å²) in [6.07, 6.45) is 2.47. The molecule has 0 radical (unpaired) electrons. The van der Waals surface area contributed by atoms with Crippen LogP contribution in [0.2, 0.25) is 0 Å². The lowest BCUT2D eigenvalue weighted by molar-refractivity contribution is 0.0879. The number of carbonyl (C=O) groups excluding carboxylic acids is 1. The second kappa shape index (κ2) is 6.53. The molecule has 0 saturated carbocycles. The van der Waals surface area contributed by atoms with E-state index in [1.54, 1.807) is 0 Å². The van der Waals surface area contributed by atoms with Gasteiger partial charge in [-0.1, -0.05) is 31.5 Å². The number of Topliss-reactive ketones (excluding diaryl/α,β-unsaturated/α-hetero) is 1. The van der Waals surface area contributed by atoms with Crippen LogP contribution in [0.15, 0.2) is 18.2 Å². The quantitative estimate of drug-likeness (QED) is 0.777. The number of aryl methyl sites for hydroxylation is 2. The van der Waals surface area contributed by atoms with Gasteiger partial charge in [-0.05, 0) is 63.2 Å². The molecule has 2 rings (SSSR count). The van der Waals surface area contributed by atoms with Gasteiger partial charge in [-0.15, -0.1) is 0 Å². The first kappa shape index (κ1) is 15.2. The third-order valence-electron chi connectivity index (χ3n) is 4.64. The van der Waals surface area contributed by atoms with E-state index in [0.717, 1.165) is 41.6 Å². The Balaban J connectivity index is 1.94. The fourth-order valence-electron chi connectivity index (χ4n) is 3.10. The third-order valence-corrected chi connectivity index (χ3v) is 4.64. The lowest BCUT2D eigenvalue weighted by Crippen LogP contribution is -2.38. The Kier molecular flexibility index (Phi) is 4.98. The molecule has 1 aliphatic rings. The first-order valence-corrected chi connectivity index (χ1v) is 7.80. The molecule has 0 bridgehead atoms. The molecule has 1 aromatic rings. The van der Waals surface area contributed by atoms with Crippen molar-refractivity contribution >= 4 is 5.78 Å². The Hall–Kier alpha value is -1.15. The van der Waals surface area contributed by atoms with Gasteiger partial charge in [0.15, 0.2) is 5.78 Å². The van der Waals surface area contributed by atoms with Gasteiger partial charge in [-0.25, -0.2) is 0 Å². The van der Waals surface area contributed by atoms with E-state index in [9.17, 15) is 4.79 Å². The highest BCUT2D eigenvalue weighted by molar-refractivity contribution is 5.99. The van der Waals surface area contributed by atoms with E-state index in [0.29, 0.717) is 6.54 Å². The Bertz CT molecular complexity index is 470. The summed E-state index contributed by atoms with van der Waals surface area (Å²) >= 11 is 0. The van der Waals surface area contributed by atoms with Crippen LogP contribution in [-0.2, 0) is 0 Å². The van der Waals surface area contributed by atoms with Gasteiger partial charge in [0.1, 0.15) is 0 Å². The molecule has 0 unspecified atom stereocenters. The minimum Gasteiger partial charge on any atom is -0.296 e. The van der Waals surface area contributed by atoms with Gasteiger partial charge in [0.05, 0.1) is 6.54 Å². The zero-order chi connectivity index (χ0) is 14.7. The van der Waals surface area contributed by atoms with Gasteiger partial charge in [0.2, 0.25) is 0 Å². The van der Waals surface area contributed by atoms with Crippen LogP contribution in [0.25, 0.3) is 0 Å². The number of rotatable bonds is 4. The van der Waals surface area contributed by atoms with Crippen LogP contribution in [0.4, 0.5) is 0 Å². The van der Waals surface area contributed by atoms with Crippen molar-refractivity contribution < 1.29 is 4.79 Å². The lowest BCUT2D eigenvalue weighted by atomic mass is 9.86. The summed E-state index contributed by atoms with van der Waals surface area (Å²) < 4.78 is 0. The van der Waals surface area contributed by atoms with Gasteiger partial charge in [0, 0.05) is 5.56 Å². The summed E-state index contributed by atoms with van der Waals surface area (Å²) in [5.74, 6) is 1.88. The second-order valence-electron chi connectivity index (χ2n) is 6.60. The number of ketones is 1. The molecule has 2 nitrogen and oxygen atoms in total. The van der Waals surface area contributed by atoms with Crippen LogP contribution in [0.5, 0.6) is 0 Å². The van der Waals surface area contributed by atoms with Crippen LogP contribution in [0.1, 0.15) is 48.2 Å². The molecule has 0 aliphatic carbocycles. The van der Waals surface area contributed by atoms with E-state index in [4.69, 9.17) is 0 Å². The summed E-state index contributed by atoms with van der Waals surface area (Å²) in [4.78, 5) is 14.8. The Morgan fingerprint density at radius 2 is 1.90 bits per heavy atom. The molecule has 20 heavy (non-hydrogen) atoms. The number of piperidine rings is 1. The minimum atomic E-state index is 0.272. The molecular weight excluding hydrogens is 246 g/mol. The average Bonchev–Trinajstić information content (AvgIpc) is 2.42. The lowest BCUT2D eigenvalue weighted by Gasteiger charge is -2.33.